The molecule has 5 rings (SSSR count). The number of ether oxygens (including phenoxy) is 2. The third-order valence-electron chi connectivity index (χ3n) is 5.75. The van der Waals surface area contributed by atoms with Crippen LogP contribution in [0.5, 0.6) is 11.6 Å². The van der Waals surface area contributed by atoms with Gasteiger partial charge in [-0.05, 0) is 23.3 Å². The molecule has 0 saturated heterocycles. The summed E-state index contributed by atoms with van der Waals surface area (Å²) in [7, 11) is 0. The number of hydrogen-bond donors (Lipinski definition) is 2. The van der Waals surface area contributed by atoms with Crippen molar-refractivity contribution in [1.82, 2.24) is 10.2 Å². The van der Waals surface area contributed by atoms with Crippen molar-refractivity contribution in [1.29, 1.82) is 5.26 Å². The Bertz CT molecular complexity index is 1470. The number of nitriles is 1. The summed E-state index contributed by atoms with van der Waals surface area (Å²) in [6, 6.07) is 25.5. The molecule has 1 unspecified atom stereocenters. The van der Waals surface area contributed by atoms with E-state index in [-0.39, 0.29) is 23.0 Å². The van der Waals surface area contributed by atoms with Crippen LogP contribution in [0.4, 0.5) is 5.69 Å². The summed E-state index contributed by atoms with van der Waals surface area (Å²) in [6.07, 6.45) is 0. The van der Waals surface area contributed by atoms with E-state index in [9.17, 15) is 15.4 Å². The smallest absolute Gasteiger partial charge is 0.270 e. The zero-order valence-corrected chi connectivity index (χ0v) is 18.3. The number of hydrogen-bond acceptors (Lipinski definition) is 7. The molecule has 1 aliphatic rings. The van der Waals surface area contributed by atoms with E-state index in [4.69, 9.17) is 15.2 Å². The van der Waals surface area contributed by atoms with Crippen LogP contribution in [-0.4, -0.2) is 15.1 Å². The number of aromatic nitrogens is 2. The summed E-state index contributed by atoms with van der Waals surface area (Å²) < 4.78 is 11.5. The molecule has 172 valence electrons. The number of aromatic amines is 1. The predicted molar refractivity (Wildman–Crippen MR) is 127 cm³/mol. The van der Waals surface area contributed by atoms with Gasteiger partial charge in [-0.15, -0.1) is 5.10 Å². The average Bonchev–Trinajstić information content (AvgIpc) is 3.31. The summed E-state index contributed by atoms with van der Waals surface area (Å²) >= 11 is 0. The SMILES string of the molecule is N#CC1=C(N)Oc2n[nH]c(-c3cccc([N+](=O)[O-])c3)c2C1c1ccc(OCc2ccccc2)cc1. The van der Waals surface area contributed by atoms with Gasteiger partial charge in [0.25, 0.3) is 5.69 Å². The Morgan fingerprint density at radius 3 is 2.60 bits per heavy atom. The number of H-pyrrole nitrogens is 1. The van der Waals surface area contributed by atoms with Crippen molar-refractivity contribution in [2.75, 3.05) is 0 Å². The first-order valence-corrected chi connectivity index (χ1v) is 10.7. The van der Waals surface area contributed by atoms with Crippen molar-refractivity contribution in [3.05, 3.63) is 117 Å². The van der Waals surface area contributed by atoms with Gasteiger partial charge in [0, 0.05) is 17.7 Å². The zero-order chi connectivity index (χ0) is 24.4. The maximum Gasteiger partial charge on any atom is 0.270 e. The molecule has 0 bridgehead atoms. The molecule has 4 aromatic rings. The molecule has 0 spiro atoms. The fourth-order valence-corrected chi connectivity index (χ4v) is 4.07. The number of nitro groups is 1. The Morgan fingerprint density at radius 2 is 1.89 bits per heavy atom. The number of fused-ring (bicyclic) bond motifs is 1. The minimum Gasteiger partial charge on any atom is -0.489 e. The van der Waals surface area contributed by atoms with Crippen LogP contribution in [0.2, 0.25) is 0 Å². The topological polar surface area (TPSA) is 140 Å². The largest absolute Gasteiger partial charge is 0.489 e. The van der Waals surface area contributed by atoms with Gasteiger partial charge >= 0.3 is 0 Å². The molecule has 1 atom stereocenters. The standard InChI is InChI=1S/C26H19N5O4/c27-14-21-22(17-9-11-20(12-10-17)34-15-16-5-2-1-3-6-16)23-24(29-30-26(23)35-25(21)28)18-7-4-8-19(13-18)31(32)33/h1-13,22H,15,28H2,(H,29,30). The second kappa shape index (κ2) is 9.03. The monoisotopic (exact) mass is 465 g/mol. The van der Waals surface area contributed by atoms with Gasteiger partial charge in [0.1, 0.15) is 24.0 Å². The van der Waals surface area contributed by atoms with E-state index in [1.807, 2.05) is 54.6 Å². The van der Waals surface area contributed by atoms with Crippen molar-refractivity contribution >= 4 is 5.69 Å². The van der Waals surface area contributed by atoms with Crippen molar-refractivity contribution in [2.24, 2.45) is 5.73 Å². The number of allylic oxidation sites excluding steroid dienone is 1. The molecular weight excluding hydrogens is 446 g/mol. The van der Waals surface area contributed by atoms with Gasteiger partial charge in [0.15, 0.2) is 0 Å². The van der Waals surface area contributed by atoms with Crippen LogP contribution in [0.3, 0.4) is 0 Å². The Hall–Kier alpha value is -5.10. The summed E-state index contributed by atoms with van der Waals surface area (Å²) in [6.45, 7) is 0.427. The molecule has 2 heterocycles. The lowest BCUT2D eigenvalue weighted by Gasteiger charge is -2.24. The van der Waals surface area contributed by atoms with Crippen LogP contribution in [0, 0.1) is 21.4 Å². The first-order chi connectivity index (χ1) is 17.0. The summed E-state index contributed by atoms with van der Waals surface area (Å²) in [5, 5.41) is 28.3. The summed E-state index contributed by atoms with van der Waals surface area (Å²) in [5.74, 6) is 0.273. The van der Waals surface area contributed by atoms with E-state index in [0.29, 0.717) is 29.2 Å². The van der Waals surface area contributed by atoms with Gasteiger partial charge in [-0.3, -0.25) is 15.2 Å². The molecule has 0 radical (unpaired) electrons. The minimum absolute atomic E-state index is 0.0357. The lowest BCUT2D eigenvalue weighted by atomic mass is 9.83. The third-order valence-corrected chi connectivity index (χ3v) is 5.75. The van der Waals surface area contributed by atoms with E-state index in [0.717, 1.165) is 11.1 Å². The normalized spacial score (nSPS) is 14.5. The van der Waals surface area contributed by atoms with Gasteiger partial charge in [-0.2, -0.15) is 5.26 Å². The predicted octanol–water partition coefficient (Wildman–Crippen LogP) is 4.78. The summed E-state index contributed by atoms with van der Waals surface area (Å²) in [5.41, 5.74) is 9.67. The highest BCUT2D eigenvalue weighted by Gasteiger charge is 2.35. The summed E-state index contributed by atoms with van der Waals surface area (Å²) in [4.78, 5) is 10.8. The molecule has 1 aromatic heterocycles. The van der Waals surface area contributed by atoms with E-state index in [1.54, 1.807) is 12.1 Å². The first-order valence-electron chi connectivity index (χ1n) is 10.7. The van der Waals surface area contributed by atoms with E-state index in [2.05, 4.69) is 16.3 Å². The number of non-ortho nitro benzene ring substituents is 1. The molecule has 35 heavy (non-hydrogen) atoms. The number of nitrogens with zero attached hydrogens (tertiary/aromatic N) is 3. The van der Waals surface area contributed by atoms with Gasteiger partial charge in [-0.25, -0.2) is 0 Å². The van der Waals surface area contributed by atoms with Crippen LogP contribution in [-0.2, 0) is 6.61 Å². The second-order valence-corrected chi connectivity index (χ2v) is 7.89. The van der Waals surface area contributed by atoms with Crippen LogP contribution in [0.1, 0.15) is 22.6 Å². The number of nitrogens with one attached hydrogen (secondary N) is 1. The highest BCUT2D eigenvalue weighted by Crippen LogP contribution is 2.46. The van der Waals surface area contributed by atoms with E-state index in [1.165, 1.54) is 12.1 Å². The highest BCUT2D eigenvalue weighted by atomic mass is 16.6. The van der Waals surface area contributed by atoms with Crippen molar-refractivity contribution in [3.8, 4) is 29.0 Å². The first kappa shape index (κ1) is 21.7. The Balaban J connectivity index is 1.52. The van der Waals surface area contributed by atoms with Crippen molar-refractivity contribution in [2.45, 2.75) is 12.5 Å². The van der Waals surface area contributed by atoms with Crippen LogP contribution >= 0.6 is 0 Å². The van der Waals surface area contributed by atoms with Gasteiger partial charge in [0.2, 0.25) is 11.8 Å². The Morgan fingerprint density at radius 1 is 1.11 bits per heavy atom. The van der Waals surface area contributed by atoms with Crippen LogP contribution in [0.25, 0.3) is 11.3 Å². The number of nitro benzene ring substituents is 1. The van der Waals surface area contributed by atoms with E-state index < -0.39 is 10.8 Å². The zero-order valence-electron chi connectivity index (χ0n) is 18.3. The minimum atomic E-state index is -0.583. The van der Waals surface area contributed by atoms with Gasteiger partial charge in [-0.1, -0.05) is 54.6 Å². The number of benzene rings is 3. The van der Waals surface area contributed by atoms with Crippen LogP contribution < -0.4 is 15.2 Å². The van der Waals surface area contributed by atoms with Crippen molar-refractivity contribution < 1.29 is 14.4 Å². The fraction of sp³-hybridized carbons (Fsp3) is 0.0769. The van der Waals surface area contributed by atoms with E-state index >= 15 is 0 Å². The number of rotatable bonds is 6. The third kappa shape index (κ3) is 4.16. The average molecular weight is 465 g/mol. The maximum atomic E-state index is 11.3. The molecule has 0 fully saturated rings. The molecular formula is C26H19N5O4. The second-order valence-electron chi connectivity index (χ2n) is 7.89. The molecule has 9 heteroatoms. The van der Waals surface area contributed by atoms with Crippen LogP contribution in [0.15, 0.2) is 90.3 Å². The molecule has 3 N–H and O–H groups in total. The molecule has 9 nitrogen and oxygen atoms in total. The quantitative estimate of drug-likeness (QED) is 0.308. The van der Waals surface area contributed by atoms with Gasteiger partial charge in [0.05, 0.1) is 22.1 Å². The van der Waals surface area contributed by atoms with Crippen molar-refractivity contribution in [3.63, 3.8) is 0 Å². The lowest BCUT2D eigenvalue weighted by molar-refractivity contribution is -0.384. The van der Waals surface area contributed by atoms with Gasteiger partial charge < -0.3 is 15.2 Å². The Labute approximate surface area is 200 Å². The molecule has 3 aromatic carbocycles. The highest BCUT2D eigenvalue weighted by molar-refractivity contribution is 5.72. The molecule has 1 aliphatic heterocycles. The lowest BCUT2D eigenvalue weighted by Crippen LogP contribution is -2.21. The molecule has 0 saturated carbocycles. The molecule has 0 aliphatic carbocycles. The number of nitrogens with two attached hydrogens (primary N) is 1. The molecule has 0 amide bonds. The fourth-order valence-electron chi connectivity index (χ4n) is 4.07. The Kier molecular flexibility index (Phi) is 5.61. The maximum absolute atomic E-state index is 11.3.